The molecule has 0 unspecified atom stereocenters. The molecule has 0 amide bonds. The predicted octanol–water partition coefficient (Wildman–Crippen LogP) is 1.72. The van der Waals surface area contributed by atoms with Crippen LogP contribution in [-0.2, 0) is 0 Å². The van der Waals surface area contributed by atoms with Gasteiger partial charge in [-0.2, -0.15) is 0 Å². The topological polar surface area (TPSA) is 30.0 Å². The van der Waals surface area contributed by atoms with Crippen LogP contribution in [0.15, 0.2) is 25.3 Å². The molecule has 0 saturated carbocycles. The second kappa shape index (κ2) is 10.1. The molecule has 0 rings (SSSR count). The smallest absolute Gasteiger partial charge is 0.870 e. The molecule has 0 aromatic heterocycles. The van der Waals surface area contributed by atoms with Crippen LogP contribution >= 0.6 is 0 Å². The molecule has 1 nitrogen and oxygen atoms in total. The van der Waals surface area contributed by atoms with Gasteiger partial charge in [0.25, 0.3) is 0 Å². The molecule has 0 aliphatic carbocycles. The zero-order valence-corrected chi connectivity index (χ0v) is 6.16. The Morgan fingerprint density at radius 2 is 1.50 bits per heavy atom. The van der Waals surface area contributed by atoms with Crippen LogP contribution in [-0.4, -0.2) is 20.7 Å². The number of hydrogen-bond donors (Lipinski definition) is 0. The fraction of sp³-hybridized carbons (Fsp3) is 0.333. The van der Waals surface area contributed by atoms with Crippen LogP contribution in [0.2, 0.25) is 10.6 Å². The molecule has 0 heterocycles. The van der Waals surface area contributed by atoms with Crippen molar-refractivity contribution < 1.29 is 5.48 Å². The van der Waals surface area contributed by atoms with Crippen LogP contribution in [0.5, 0.6) is 0 Å². The molecule has 1 N–H and O–H groups in total. The standard InChI is InChI=1S/2C3H5.Al.H2O/c2*1-3-2;;/h2*3H,1-2H2;;1H2/q;;+1;/p-1. The summed E-state index contributed by atoms with van der Waals surface area (Å²) in [5, 5.41) is 2.40. The zero-order valence-electron chi connectivity index (χ0n) is 5.01. The van der Waals surface area contributed by atoms with Crippen LogP contribution < -0.4 is 0 Å². The Kier molecular flexibility index (Phi) is 13.7. The van der Waals surface area contributed by atoms with Crippen LogP contribution in [0.4, 0.5) is 0 Å². The average molecular weight is 126 g/mol. The largest absolute Gasteiger partial charge is 0.870 e. The van der Waals surface area contributed by atoms with Gasteiger partial charge < -0.3 is 5.48 Å². The molecule has 2 heteroatoms. The Bertz CT molecular complexity index is 53.5. The molecule has 0 aliphatic heterocycles. The molecule has 0 aromatic carbocycles. The Morgan fingerprint density at radius 3 is 1.75 bits per heavy atom. The van der Waals surface area contributed by atoms with Gasteiger partial charge in [-0.15, -0.1) is 0 Å². The van der Waals surface area contributed by atoms with Crippen molar-refractivity contribution in [1.29, 1.82) is 0 Å². The second-order valence-corrected chi connectivity index (χ2v) is 2.86. The summed E-state index contributed by atoms with van der Waals surface area (Å²) in [4.78, 5) is 0. The maximum absolute atomic E-state index is 3.62. The summed E-state index contributed by atoms with van der Waals surface area (Å²) < 4.78 is 0. The van der Waals surface area contributed by atoms with E-state index in [1.54, 1.807) is 0 Å². The van der Waals surface area contributed by atoms with E-state index in [0.29, 0.717) is 15.2 Å². The average Bonchev–Trinajstić information content (AvgIpc) is 1.69. The van der Waals surface area contributed by atoms with Crippen LogP contribution in [0.1, 0.15) is 0 Å². The number of rotatable bonds is 4. The van der Waals surface area contributed by atoms with Gasteiger partial charge in [0.1, 0.15) is 0 Å². The van der Waals surface area contributed by atoms with Crippen molar-refractivity contribution in [1.82, 2.24) is 0 Å². The van der Waals surface area contributed by atoms with Crippen LogP contribution in [0.3, 0.4) is 0 Å². The molecule has 0 saturated heterocycles. The van der Waals surface area contributed by atoms with Crippen molar-refractivity contribution in [3.05, 3.63) is 25.3 Å². The van der Waals surface area contributed by atoms with Gasteiger partial charge in [-0.1, -0.05) is 0 Å². The minimum atomic E-state index is 0. The summed E-state index contributed by atoms with van der Waals surface area (Å²) in [5.41, 5.74) is 0. The summed E-state index contributed by atoms with van der Waals surface area (Å²) in [6.45, 7) is 7.24. The monoisotopic (exact) mass is 126 g/mol. The Balaban J connectivity index is 0. The first-order valence-electron chi connectivity index (χ1n) is 2.45. The molecule has 0 bridgehead atoms. The fourth-order valence-corrected chi connectivity index (χ4v) is 0.996. The summed E-state index contributed by atoms with van der Waals surface area (Å²) in [7, 11) is 0. The van der Waals surface area contributed by atoms with E-state index in [4.69, 9.17) is 0 Å². The van der Waals surface area contributed by atoms with Crippen molar-refractivity contribution >= 4 is 15.2 Å². The van der Waals surface area contributed by atoms with E-state index in [2.05, 4.69) is 13.2 Å². The fourth-order valence-electron chi connectivity index (χ4n) is 0.332. The Morgan fingerprint density at radius 1 is 1.12 bits per heavy atom. The summed E-state index contributed by atoms with van der Waals surface area (Å²) >= 11 is 0.586. The summed E-state index contributed by atoms with van der Waals surface area (Å²) in [6.07, 6.45) is 3.94. The third-order valence-corrected chi connectivity index (χ3v) is 2.00. The maximum atomic E-state index is 3.62. The van der Waals surface area contributed by atoms with E-state index in [0.717, 1.165) is 0 Å². The molecule has 0 aromatic rings. The zero-order chi connectivity index (χ0) is 5.54. The van der Waals surface area contributed by atoms with Gasteiger partial charge in [0.2, 0.25) is 0 Å². The molecule has 0 spiro atoms. The third-order valence-electron chi connectivity index (χ3n) is 0.667. The predicted molar refractivity (Wildman–Crippen MR) is 37.7 cm³/mol. The minimum Gasteiger partial charge on any atom is -0.870 e. The third kappa shape index (κ3) is 9.36. The quantitative estimate of drug-likeness (QED) is 0.320. The van der Waals surface area contributed by atoms with Gasteiger partial charge in [-0.3, -0.25) is 0 Å². The summed E-state index contributed by atoms with van der Waals surface area (Å²) in [6, 6.07) is 0. The Hall–Kier alpha value is -0.0275. The molecule has 0 atom stereocenters. The first-order valence-corrected chi connectivity index (χ1v) is 4.08. The van der Waals surface area contributed by atoms with Gasteiger partial charge in [-0.25, -0.2) is 0 Å². The van der Waals surface area contributed by atoms with Gasteiger partial charge in [0.05, 0.1) is 0 Å². The van der Waals surface area contributed by atoms with E-state index in [1.807, 2.05) is 12.2 Å². The first kappa shape index (κ1) is 10.9. The van der Waals surface area contributed by atoms with Gasteiger partial charge in [0, 0.05) is 0 Å². The SMILES string of the molecule is C=C[CH2][Al+][CH2]C=C.[OH-]. The van der Waals surface area contributed by atoms with Gasteiger partial charge in [-0.05, 0) is 0 Å². The van der Waals surface area contributed by atoms with Crippen molar-refractivity contribution in [3.63, 3.8) is 0 Å². The summed E-state index contributed by atoms with van der Waals surface area (Å²) in [5.74, 6) is 0. The molecule has 0 aliphatic rings. The Labute approximate surface area is 57.1 Å². The van der Waals surface area contributed by atoms with E-state index < -0.39 is 0 Å². The van der Waals surface area contributed by atoms with Crippen LogP contribution in [0, 0.1) is 0 Å². The van der Waals surface area contributed by atoms with Crippen molar-refractivity contribution in [2.75, 3.05) is 0 Å². The molecule has 8 heavy (non-hydrogen) atoms. The van der Waals surface area contributed by atoms with Gasteiger partial charge >= 0.3 is 51.1 Å². The normalized spacial score (nSPS) is 6.00. The van der Waals surface area contributed by atoms with Crippen molar-refractivity contribution in [2.24, 2.45) is 0 Å². The van der Waals surface area contributed by atoms with Crippen molar-refractivity contribution in [2.45, 2.75) is 10.6 Å². The van der Waals surface area contributed by atoms with Crippen molar-refractivity contribution in [3.8, 4) is 0 Å². The van der Waals surface area contributed by atoms with Crippen LogP contribution in [0.25, 0.3) is 0 Å². The molecular weight excluding hydrogens is 115 g/mol. The van der Waals surface area contributed by atoms with E-state index in [1.165, 1.54) is 10.6 Å². The maximum Gasteiger partial charge on any atom is -0.870 e. The molecule has 0 radical (unpaired) electrons. The number of hydrogen-bond acceptors (Lipinski definition) is 1. The molecular formula is C6H11AlO. The minimum absolute atomic E-state index is 0. The first-order chi connectivity index (χ1) is 3.41. The van der Waals surface area contributed by atoms with E-state index in [-0.39, 0.29) is 5.48 Å². The second-order valence-electron chi connectivity index (χ2n) is 1.34. The molecule has 0 fully saturated rings. The number of allylic oxidation sites excluding steroid dienone is 2. The van der Waals surface area contributed by atoms with E-state index >= 15 is 0 Å². The molecule has 44 valence electrons. The van der Waals surface area contributed by atoms with E-state index in [9.17, 15) is 0 Å². The van der Waals surface area contributed by atoms with Gasteiger partial charge in [0.15, 0.2) is 0 Å².